The molecule has 2 heterocycles. The summed E-state index contributed by atoms with van der Waals surface area (Å²) in [6.07, 6.45) is 3.76. The van der Waals surface area contributed by atoms with E-state index >= 15 is 0 Å². The summed E-state index contributed by atoms with van der Waals surface area (Å²) >= 11 is 0. The first-order chi connectivity index (χ1) is 9.42. The van der Waals surface area contributed by atoms with Crippen LogP contribution in [0.25, 0.3) is 0 Å². The summed E-state index contributed by atoms with van der Waals surface area (Å²) < 4.78 is 3.55. The molecule has 0 unspecified atom stereocenters. The summed E-state index contributed by atoms with van der Waals surface area (Å²) in [5.41, 5.74) is 3.44. The molecule has 0 bridgehead atoms. The van der Waals surface area contributed by atoms with Crippen LogP contribution in [0.2, 0.25) is 0 Å². The largest absolute Gasteiger partial charge is 0.337 e. The van der Waals surface area contributed by atoms with Crippen LogP contribution in [-0.2, 0) is 20.1 Å². The first-order valence-electron chi connectivity index (χ1n) is 6.71. The van der Waals surface area contributed by atoms with Gasteiger partial charge in [-0.2, -0.15) is 10.2 Å². The van der Waals surface area contributed by atoms with E-state index in [9.17, 15) is 4.79 Å². The average Bonchev–Trinajstić information content (AvgIpc) is 2.91. The number of rotatable bonds is 4. The lowest BCUT2D eigenvalue weighted by atomic mass is 10.2. The number of carbonyl (C=O) groups is 1. The Morgan fingerprint density at radius 2 is 1.95 bits per heavy atom. The van der Waals surface area contributed by atoms with Crippen molar-refractivity contribution in [3.63, 3.8) is 0 Å². The topological polar surface area (TPSA) is 56.0 Å². The molecule has 20 heavy (non-hydrogen) atoms. The highest BCUT2D eigenvalue weighted by atomic mass is 16.2. The van der Waals surface area contributed by atoms with Gasteiger partial charge in [-0.15, -0.1) is 0 Å². The van der Waals surface area contributed by atoms with Gasteiger partial charge in [0, 0.05) is 45.1 Å². The quantitative estimate of drug-likeness (QED) is 0.850. The van der Waals surface area contributed by atoms with Crippen LogP contribution < -0.4 is 0 Å². The van der Waals surface area contributed by atoms with Crippen LogP contribution in [0.15, 0.2) is 12.4 Å². The minimum absolute atomic E-state index is 0.0146. The summed E-state index contributed by atoms with van der Waals surface area (Å²) in [6, 6.07) is 0. The van der Waals surface area contributed by atoms with E-state index < -0.39 is 0 Å². The molecule has 0 saturated carbocycles. The molecular weight excluding hydrogens is 254 g/mol. The summed E-state index contributed by atoms with van der Waals surface area (Å²) in [5, 5.41) is 8.61. The summed E-state index contributed by atoms with van der Waals surface area (Å²) in [6.45, 7) is 7.25. The maximum atomic E-state index is 12.4. The van der Waals surface area contributed by atoms with Gasteiger partial charge in [-0.3, -0.25) is 14.2 Å². The molecule has 6 nitrogen and oxygen atoms in total. The highest BCUT2D eigenvalue weighted by Crippen LogP contribution is 2.13. The lowest BCUT2D eigenvalue weighted by Gasteiger charge is -2.16. The van der Waals surface area contributed by atoms with Crippen LogP contribution >= 0.6 is 0 Å². The Balaban J connectivity index is 2.15. The van der Waals surface area contributed by atoms with Gasteiger partial charge in [0.25, 0.3) is 5.91 Å². The van der Waals surface area contributed by atoms with Gasteiger partial charge in [-0.05, 0) is 20.8 Å². The monoisotopic (exact) mass is 275 g/mol. The van der Waals surface area contributed by atoms with Gasteiger partial charge in [0.1, 0.15) is 0 Å². The first kappa shape index (κ1) is 14.3. The molecule has 0 aromatic carbocycles. The van der Waals surface area contributed by atoms with Crippen molar-refractivity contribution in [3.05, 3.63) is 34.9 Å². The summed E-state index contributed by atoms with van der Waals surface area (Å²) in [7, 11) is 3.62. The molecule has 108 valence electrons. The van der Waals surface area contributed by atoms with E-state index in [0.29, 0.717) is 12.1 Å². The number of aromatic nitrogens is 4. The molecule has 0 atom stereocenters. The molecule has 6 heteroatoms. The Kier molecular flexibility index (Phi) is 3.92. The highest BCUT2D eigenvalue weighted by Gasteiger charge is 2.18. The third kappa shape index (κ3) is 2.74. The van der Waals surface area contributed by atoms with Crippen LogP contribution in [0.1, 0.15) is 34.2 Å². The third-order valence-electron chi connectivity index (χ3n) is 3.37. The summed E-state index contributed by atoms with van der Waals surface area (Å²) in [5.74, 6) is -0.0146. The van der Waals surface area contributed by atoms with Crippen molar-refractivity contribution < 1.29 is 4.79 Å². The number of hydrogen-bond donors (Lipinski definition) is 0. The van der Waals surface area contributed by atoms with Crippen LogP contribution in [0.5, 0.6) is 0 Å². The molecule has 2 aromatic heterocycles. The standard InChI is InChI=1S/C14H21N5O/c1-6-19-8-12(10(2)16-19)7-17(4)14(20)13-9-18(5)15-11(13)3/h8-9H,6-7H2,1-5H3. The van der Waals surface area contributed by atoms with Gasteiger partial charge in [-0.1, -0.05) is 0 Å². The number of aryl methyl sites for hydroxylation is 4. The van der Waals surface area contributed by atoms with Crippen LogP contribution in [0, 0.1) is 13.8 Å². The lowest BCUT2D eigenvalue weighted by Crippen LogP contribution is -2.26. The van der Waals surface area contributed by atoms with Crippen molar-refractivity contribution in [3.8, 4) is 0 Å². The average molecular weight is 275 g/mol. The molecule has 0 spiro atoms. The maximum absolute atomic E-state index is 12.4. The van der Waals surface area contributed by atoms with Crippen LogP contribution in [0.4, 0.5) is 0 Å². The Morgan fingerprint density at radius 3 is 2.45 bits per heavy atom. The fourth-order valence-electron chi connectivity index (χ4n) is 2.22. The second-order valence-corrected chi connectivity index (χ2v) is 5.06. The van der Waals surface area contributed by atoms with E-state index in [1.54, 1.807) is 22.8 Å². The molecule has 2 aromatic rings. The molecule has 0 radical (unpaired) electrons. The lowest BCUT2D eigenvalue weighted by molar-refractivity contribution is 0.0784. The minimum Gasteiger partial charge on any atom is -0.337 e. The zero-order valence-electron chi connectivity index (χ0n) is 12.7. The van der Waals surface area contributed by atoms with E-state index in [2.05, 4.69) is 10.2 Å². The normalized spacial score (nSPS) is 10.8. The molecule has 0 saturated heterocycles. The van der Waals surface area contributed by atoms with E-state index in [4.69, 9.17) is 0 Å². The molecule has 1 amide bonds. The molecule has 0 aliphatic carbocycles. The van der Waals surface area contributed by atoms with E-state index in [0.717, 1.165) is 23.5 Å². The predicted octanol–water partition coefficient (Wildman–Crippen LogP) is 1.53. The van der Waals surface area contributed by atoms with Gasteiger partial charge in [0.2, 0.25) is 0 Å². The highest BCUT2D eigenvalue weighted by molar-refractivity contribution is 5.94. The third-order valence-corrected chi connectivity index (χ3v) is 3.37. The second kappa shape index (κ2) is 5.48. The smallest absolute Gasteiger partial charge is 0.257 e. The van der Waals surface area contributed by atoms with Crippen molar-refractivity contribution >= 4 is 5.91 Å². The van der Waals surface area contributed by atoms with Crippen molar-refractivity contribution in [2.75, 3.05) is 7.05 Å². The molecule has 0 fully saturated rings. The van der Waals surface area contributed by atoms with Gasteiger partial charge < -0.3 is 4.90 Å². The van der Waals surface area contributed by atoms with Crippen molar-refractivity contribution in [1.29, 1.82) is 0 Å². The fourth-order valence-corrected chi connectivity index (χ4v) is 2.22. The summed E-state index contributed by atoms with van der Waals surface area (Å²) in [4.78, 5) is 14.1. The van der Waals surface area contributed by atoms with Gasteiger partial charge in [0.05, 0.1) is 17.0 Å². The number of nitrogens with zero attached hydrogens (tertiary/aromatic N) is 5. The van der Waals surface area contributed by atoms with Crippen LogP contribution in [0.3, 0.4) is 0 Å². The first-order valence-corrected chi connectivity index (χ1v) is 6.71. The van der Waals surface area contributed by atoms with Crippen molar-refractivity contribution in [1.82, 2.24) is 24.5 Å². The zero-order valence-corrected chi connectivity index (χ0v) is 12.7. The van der Waals surface area contributed by atoms with Gasteiger partial charge in [0.15, 0.2) is 0 Å². The number of carbonyl (C=O) groups excluding carboxylic acids is 1. The van der Waals surface area contributed by atoms with E-state index in [1.165, 1.54) is 0 Å². The van der Waals surface area contributed by atoms with Gasteiger partial charge >= 0.3 is 0 Å². The Hall–Kier alpha value is -2.11. The van der Waals surface area contributed by atoms with E-state index in [-0.39, 0.29) is 5.91 Å². The van der Waals surface area contributed by atoms with Crippen LogP contribution in [-0.4, -0.2) is 37.4 Å². The van der Waals surface area contributed by atoms with E-state index in [1.807, 2.05) is 38.7 Å². The Bertz CT molecular complexity index is 626. The maximum Gasteiger partial charge on any atom is 0.257 e. The van der Waals surface area contributed by atoms with Gasteiger partial charge in [-0.25, -0.2) is 0 Å². The SMILES string of the molecule is CCn1cc(CN(C)C(=O)c2cn(C)nc2C)c(C)n1. The predicted molar refractivity (Wildman–Crippen MR) is 76.4 cm³/mol. The number of hydrogen-bond acceptors (Lipinski definition) is 3. The van der Waals surface area contributed by atoms with Crippen molar-refractivity contribution in [2.24, 2.45) is 7.05 Å². The molecule has 0 N–H and O–H groups in total. The molecular formula is C14H21N5O. The molecule has 2 rings (SSSR count). The Morgan fingerprint density at radius 1 is 1.25 bits per heavy atom. The zero-order chi connectivity index (χ0) is 14.9. The Labute approximate surface area is 119 Å². The second-order valence-electron chi connectivity index (χ2n) is 5.06. The van der Waals surface area contributed by atoms with Crippen molar-refractivity contribution in [2.45, 2.75) is 33.9 Å². The number of amides is 1. The molecule has 0 aliphatic heterocycles. The molecule has 0 aliphatic rings. The fraction of sp³-hybridized carbons (Fsp3) is 0.500. The minimum atomic E-state index is -0.0146.